The predicted molar refractivity (Wildman–Crippen MR) is 56.4 cm³/mol. The Bertz CT molecular complexity index is 550. The van der Waals surface area contributed by atoms with E-state index < -0.39 is 0 Å². The van der Waals surface area contributed by atoms with Crippen LogP contribution < -0.4 is 10.6 Å². The minimum Gasteiger partial charge on any atom is -0.267 e. The van der Waals surface area contributed by atoms with E-state index in [0.717, 1.165) is 23.9 Å². The van der Waals surface area contributed by atoms with Gasteiger partial charge in [-0.25, -0.2) is 4.99 Å². The summed E-state index contributed by atoms with van der Waals surface area (Å²) in [5, 5.41) is 2.37. The summed E-state index contributed by atoms with van der Waals surface area (Å²) in [4.78, 5) is 8.74. The van der Waals surface area contributed by atoms with Crippen molar-refractivity contribution in [2.75, 3.05) is 0 Å². The van der Waals surface area contributed by atoms with Gasteiger partial charge in [0.1, 0.15) is 0 Å². The lowest BCUT2D eigenvalue weighted by Gasteiger charge is -1.97. The molecule has 0 fully saturated rings. The van der Waals surface area contributed by atoms with E-state index in [-0.39, 0.29) is 0 Å². The topological polar surface area (TPSA) is 24.7 Å². The molecule has 0 aromatic heterocycles. The van der Waals surface area contributed by atoms with Crippen LogP contribution in [0.15, 0.2) is 46.1 Å². The number of para-hydroxylation sites is 1. The zero-order valence-corrected chi connectivity index (χ0v) is 7.77. The number of benzene rings is 1. The minimum atomic E-state index is 1.01. The van der Waals surface area contributed by atoms with Crippen molar-refractivity contribution in [2.24, 2.45) is 9.98 Å². The molecule has 2 heterocycles. The van der Waals surface area contributed by atoms with Crippen molar-refractivity contribution >= 4 is 11.8 Å². The van der Waals surface area contributed by atoms with E-state index in [4.69, 9.17) is 0 Å². The molecule has 2 nitrogen and oxygen atoms in total. The van der Waals surface area contributed by atoms with Gasteiger partial charge in [0.05, 0.1) is 17.3 Å². The van der Waals surface area contributed by atoms with E-state index >= 15 is 0 Å². The molecule has 14 heavy (non-hydrogen) atoms. The Balaban J connectivity index is 2.37. The molecule has 0 N–H and O–H groups in total. The highest BCUT2D eigenvalue weighted by Gasteiger charge is 2.12. The highest BCUT2D eigenvalue weighted by molar-refractivity contribution is 5.72. The van der Waals surface area contributed by atoms with Gasteiger partial charge in [0.2, 0.25) is 0 Å². The van der Waals surface area contributed by atoms with Gasteiger partial charge in [-0.3, -0.25) is 4.99 Å². The monoisotopic (exact) mass is 182 g/mol. The summed E-state index contributed by atoms with van der Waals surface area (Å²) in [5.74, 6) is 0. The summed E-state index contributed by atoms with van der Waals surface area (Å²) in [7, 11) is 0. The molecule has 2 heteroatoms. The third kappa shape index (κ3) is 1.04. The van der Waals surface area contributed by atoms with Crippen molar-refractivity contribution in [1.29, 1.82) is 0 Å². The zero-order chi connectivity index (χ0) is 9.38. The molecule has 0 saturated heterocycles. The van der Waals surface area contributed by atoms with Crippen molar-refractivity contribution in [2.45, 2.75) is 12.8 Å². The normalized spacial score (nSPS) is 18.0. The number of fused-ring (bicyclic) bond motifs is 2. The predicted octanol–water partition coefficient (Wildman–Crippen LogP) is 1.18. The molecule has 2 aliphatic rings. The summed E-state index contributed by atoms with van der Waals surface area (Å²) >= 11 is 0. The van der Waals surface area contributed by atoms with Crippen LogP contribution in [0.4, 0.5) is 0 Å². The van der Waals surface area contributed by atoms with Gasteiger partial charge in [0, 0.05) is 11.4 Å². The Kier molecular flexibility index (Phi) is 1.60. The smallest absolute Gasteiger partial charge is 0.0858 e. The van der Waals surface area contributed by atoms with Crippen molar-refractivity contribution in [3.63, 3.8) is 0 Å². The fourth-order valence-electron chi connectivity index (χ4n) is 1.94. The Labute approximate surface area is 82.0 Å². The van der Waals surface area contributed by atoms with Crippen molar-refractivity contribution in [3.05, 3.63) is 46.7 Å². The molecule has 0 saturated carbocycles. The average Bonchev–Trinajstić information content (AvgIpc) is 2.42. The number of allylic oxidation sites excluding steroid dienone is 1. The third-order valence-corrected chi connectivity index (χ3v) is 2.60. The SMILES string of the molecule is C1=NC=C2N=c3ccccc3=C2CC1. The first kappa shape index (κ1) is 7.68. The average molecular weight is 182 g/mol. The van der Waals surface area contributed by atoms with Crippen molar-refractivity contribution in [1.82, 2.24) is 0 Å². The van der Waals surface area contributed by atoms with E-state index in [9.17, 15) is 0 Å². The number of hydrogen-bond donors (Lipinski definition) is 0. The van der Waals surface area contributed by atoms with Crippen molar-refractivity contribution in [3.8, 4) is 0 Å². The fourth-order valence-corrected chi connectivity index (χ4v) is 1.94. The van der Waals surface area contributed by atoms with E-state index in [1.54, 1.807) is 0 Å². The first-order chi connectivity index (χ1) is 6.95. The van der Waals surface area contributed by atoms with Crippen LogP contribution >= 0.6 is 0 Å². The molecule has 0 bridgehead atoms. The summed E-state index contributed by atoms with van der Waals surface area (Å²) in [6.45, 7) is 0. The summed E-state index contributed by atoms with van der Waals surface area (Å²) in [6.07, 6.45) is 5.88. The fraction of sp³-hybridized carbons (Fsp3) is 0.167. The quantitative estimate of drug-likeness (QED) is 0.575. The molecule has 0 spiro atoms. The number of hydrogen-bond acceptors (Lipinski definition) is 2. The van der Waals surface area contributed by atoms with Gasteiger partial charge in [-0.2, -0.15) is 0 Å². The molecule has 0 unspecified atom stereocenters. The van der Waals surface area contributed by atoms with Crippen LogP contribution in [0.1, 0.15) is 12.8 Å². The summed E-state index contributed by atoms with van der Waals surface area (Å²) < 4.78 is 0. The second-order valence-electron chi connectivity index (χ2n) is 3.49. The summed E-state index contributed by atoms with van der Waals surface area (Å²) in [6, 6.07) is 8.29. The Hall–Kier alpha value is -1.70. The first-order valence-corrected chi connectivity index (χ1v) is 4.84. The lowest BCUT2D eigenvalue weighted by atomic mass is 10.1. The second kappa shape index (κ2) is 2.91. The Morgan fingerprint density at radius 1 is 1.14 bits per heavy atom. The number of rotatable bonds is 0. The van der Waals surface area contributed by atoms with Crippen LogP contribution in [0, 0.1) is 0 Å². The molecule has 1 aromatic carbocycles. The van der Waals surface area contributed by atoms with Crippen molar-refractivity contribution < 1.29 is 0 Å². The lowest BCUT2D eigenvalue weighted by Crippen LogP contribution is -2.21. The standard InChI is InChI=1S/C12H10N2/c1-2-6-11-9(4-1)10-5-3-7-13-8-12(10)14-11/h1-2,4,6-8H,3,5H2. The molecular formula is C12H10N2. The Morgan fingerprint density at radius 3 is 3.07 bits per heavy atom. The van der Waals surface area contributed by atoms with Gasteiger partial charge < -0.3 is 0 Å². The van der Waals surface area contributed by atoms with Gasteiger partial charge in [-0.15, -0.1) is 0 Å². The first-order valence-electron chi connectivity index (χ1n) is 4.84. The molecule has 0 radical (unpaired) electrons. The molecule has 1 aromatic rings. The van der Waals surface area contributed by atoms with Gasteiger partial charge in [-0.05, 0) is 24.5 Å². The van der Waals surface area contributed by atoms with Gasteiger partial charge in [0.25, 0.3) is 0 Å². The van der Waals surface area contributed by atoms with Crippen LogP contribution in [-0.2, 0) is 0 Å². The number of aliphatic imine (C=N–C) groups is 1. The molecular weight excluding hydrogens is 172 g/mol. The highest BCUT2D eigenvalue weighted by Crippen LogP contribution is 2.20. The van der Waals surface area contributed by atoms with E-state index in [0.29, 0.717) is 0 Å². The van der Waals surface area contributed by atoms with Gasteiger partial charge in [-0.1, -0.05) is 18.2 Å². The van der Waals surface area contributed by atoms with Gasteiger partial charge in [0.15, 0.2) is 0 Å². The van der Waals surface area contributed by atoms with Gasteiger partial charge >= 0.3 is 0 Å². The largest absolute Gasteiger partial charge is 0.267 e. The highest BCUT2D eigenvalue weighted by atomic mass is 14.8. The Morgan fingerprint density at radius 2 is 2.07 bits per heavy atom. The minimum absolute atomic E-state index is 1.01. The van der Waals surface area contributed by atoms with Crippen LogP contribution in [0.3, 0.4) is 0 Å². The molecule has 68 valence electrons. The van der Waals surface area contributed by atoms with Crippen LogP contribution in [0.5, 0.6) is 0 Å². The maximum Gasteiger partial charge on any atom is 0.0858 e. The van der Waals surface area contributed by atoms with Crippen LogP contribution in [-0.4, -0.2) is 6.21 Å². The molecule has 0 amide bonds. The number of nitrogens with zero attached hydrogens (tertiary/aromatic N) is 2. The molecule has 0 aliphatic carbocycles. The van der Waals surface area contributed by atoms with E-state index in [1.165, 1.54) is 10.8 Å². The molecule has 3 rings (SSSR count). The van der Waals surface area contributed by atoms with E-state index in [2.05, 4.69) is 28.2 Å². The molecule has 0 atom stereocenters. The van der Waals surface area contributed by atoms with E-state index in [1.807, 2.05) is 18.5 Å². The summed E-state index contributed by atoms with van der Waals surface area (Å²) in [5.41, 5.74) is 2.39. The van der Waals surface area contributed by atoms with Crippen LogP contribution in [0.25, 0.3) is 5.57 Å². The second-order valence-corrected chi connectivity index (χ2v) is 3.49. The molecule has 2 aliphatic heterocycles. The maximum absolute atomic E-state index is 4.54. The van der Waals surface area contributed by atoms with Crippen LogP contribution in [0.2, 0.25) is 0 Å². The third-order valence-electron chi connectivity index (χ3n) is 2.60. The zero-order valence-electron chi connectivity index (χ0n) is 7.77. The maximum atomic E-state index is 4.54. The lowest BCUT2D eigenvalue weighted by molar-refractivity contribution is 1.13.